The molecule has 1 rings (SSSR count). The molecule has 1 saturated heterocycles. The van der Waals surface area contributed by atoms with Crippen LogP contribution in [0.4, 0.5) is 0 Å². The zero-order chi connectivity index (χ0) is 19.1. The highest BCUT2D eigenvalue weighted by Gasteiger charge is 2.17. The molecule has 1 aliphatic heterocycles. The van der Waals surface area contributed by atoms with Crippen LogP contribution in [0.2, 0.25) is 0 Å². The van der Waals surface area contributed by atoms with E-state index in [0.29, 0.717) is 25.7 Å². The first kappa shape index (κ1) is 23.1. The zero-order valence-corrected chi connectivity index (χ0v) is 17.1. The standard InChI is InChI=1S/C17H36N4O4S/c1-3-4-11-24-12-7-9-19-17(18-2)20-10-14-26(22,23)21-15-16-8-5-6-13-25-16/h16,21H,3-15H2,1-2H3,(H2,18,19,20). The molecule has 1 unspecified atom stereocenters. The van der Waals surface area contributed by atoms with Gasteiger partial charge < -0.3 is 20.1 Å². The van der Waals surface area contributed by atoms with Crippen LogP contribution in [-0.2, 0) is 19.5 Å². The highest BCUT2D eigenvalue weighted by Crippen LogP contribution is 2.11. The zero-order valence-electron chi connectivity index (χ0n) is 16.3. The van der Waals surface area contributed by atoms with Gasteiger partial charge in [-0.2, -0.15) is 0 Å². The molecule has 3 N–H and O–H groups in total. The summed E-state index contributed by atoms with van der Waals surface area (Å²) in [7, 11) is -1.65. The van der Waals surface area contributed by atoms with E-state index in [4.69, 9.17) is 9.47 Å². The molecule has 154 valence electrons. The molecule has 1 heterocycles. The molecule has 9 heteroatoms. The average molecular weight is 393 g/mol. The normalized spacial score (nSPS) is 18.7. The summed E-state index contributed by atoms with van der Waals surface area (Å²) < 4.78 is 37.7. The maximum absolute atomic E-state index is 12.0. The summed E-state index contributed by atoms with van der Waals surface area (Å²) in [5.41, 5.74) is 0. The largest absolute Gasteiger partial charge is 0.381 e. The van der Waals surface area contributed by atoms with Crippen molar-refractivity contribution in [1.82, 2.24) is 15.4 Å². The minimum Gasteiger partial charge on any atom is -0.381 e. The van der Waals surface area contributed by atoms with Crippen molar-refractivity contribution in [2.45, 2.75) is 51.6 Å². The van der Waals surface area contributed by atoms with Crippen LogP contribution in [0.5, 0.6) is 0 Å². The molecule has 0 saturated carbocycles. The van der Waals surface area contributed by atoms with Gasteiger partial charge in [-0.05, 0) is 32.1 Å². The summed E-state index contributed by atoms with van der Waals surface area (Å²) in [5.74, 6) is 0.602. The highest BCUT2D eigenvalue weighted by molar-refractivity contribution is 7.89. The number of hydrogen-bond donors (Lipinski definition) is 3. The van der Waals surface area contributed by atoms with Gasteiger partial charge in [0.15, 0.2) is 5.96 Å². The average Bonchev–Trinajstić information content (AvgIpc) is 2.65. The lowest BCUT2D eigenvalue weighted by Gasteiger charge is -2.22. The topological polar surface area (TPSA) is 101 Å². The van der Waals surface area contributed by atoms with E-state index in [-0.39, 0.29) is 11.9 Å². The first-order valence-electron chi connectivity index (χ1n) is 9.68. The van der Waals surface area contributed by atoms with Gasteiger partial charge in [0.05, 0.1) is 11.9 Å². The molecular weight excluding hydrogens is 356 g/mol. The van der Waals surface area contributed by atoms with Crippen LogP contribution < -0.4 is 15.4 Å². The second kappa shape index (κ2) is 14.2. The second-order valence-electron chi connectivity index (χ2n) is 6.40. The van der Waals surface area contributed by atoms with Gasteiger partial charge in [-0.25, -0.2) is 13.1 Å². The lowest BCUT2D eigenvalue weighted by Crippen LogP contribution is -2.42. The van der Waals surface area contributed by atoms with E-state index in [0.717, 1.165) is 58.3 Å². The number of sulfonamides is 1. The van der Waals surface area contributed by atoms with Gasteiger partial charge >= 0.3 is 0 Å². The SMILES string of the molecule is CCCCOCCCNC(=NC)NCCS(=O)(=O)NCC1CCCCO1. The fraction of sp³-hybridized carbons (Fsp3) is 0.941. The lowest BCUT2D eigenvalue weighted by atomic mass is 10.1. The van der Waals surface area contributed by atoms with Crippen molar-refractivity contribution in [2.24, 2.45) is 4.99 Å². The Morgan fingerprint density at radius 3 is 2.65 bits per heavy atom. The van der Waals surface area contributed by atoms with Crippen LogP contribution in [0.1, 0.15) is 45.4 Å². The van der Waals surface area contributed by atoms with Crippen LogP contribution >= 0.6 is 0 Å². The molecule has 0 spiro atoms. The van der Waals surface area contributed by atoms with Crippen molar-refractivity contribution in [3.05, 3.63) is 0 Å². The molecular formula is C17H36N4O4S. The molecule has 0 aliphatic carbocycles. The summed E-state index contributed by atoms with van der Waals surface area (Å²) in [4.78, 5) is 4.09. The summed E-state index contributed by atoms with van der Waals surface area (Å²) in [6.45, 7) is 5.77. The van der Waals surface area contributed by atoms with Crippen molar-refractivity contribution in [2.75, 3.05) is 52.3 Å². The fourth-order valence-corrected chi connectivity index (χ4v) is 3.47. The maximum Gasteiger partial charge on any atom is 0.213 e. The van der Waals surface area contributed by atoms with E-state index in [1.54, 1.807) is 7.05 Å². The molecule has 8 nitrogen and oxygen atoms in total. The van der Waals surface area contributed by atoms with E-state index < -0.39 is 10.0 Å². The third kappa shape index (κ3) is 11.7. The molecule has 0 bridgehead atoms. The third-order valence-corrected chi connectivity index (χ3v) is 5.44. The Morgan fingerprint density at radius 1 is 1.19 bits per heavy atom. The number of rotatable bonds is 13. The van der Waals surface area contributed by atoms with Gasteiger partial charge in [0.25, 0.3) is 0 Å². The Kier molecular flexibility index (Phi) is 12.6. The summed E-state index contributed by atoms with van der Waals surface area (Å²) >= 11 is 0. The molecule has 1 atom stereocenters. The monoisotopic (exact) mass is 392 g/mol. The Hall–Kier alpha value is -0.900. The van der Waals surface area contributed by atoms with Crippen LogP contribution in [0, 0.1) is 0 Å². The fourth-order valence-electron chi connectivity index (χ4n) is 2.51. The van der Waals surface area contributed by atoms with E-state index in [1.807, 2.05) is 0 Å². The van der Waals surface area contributed by atoms with E-state index in [1.165, 1.54) is 0 Å². The minimum atomic E-state index is -3.32. The lowest BCUT2D eigenvalue weighted by molar-refractivity contribution is 0.0200. The molecule has 0 aromatic rings. The van der Waals surface area contributed by atoms with Gasteiger partial charge in [-0.1, -0.05) is 13.3 Å². The van der Waals surface area contributed by atoms with E-state index in [9.17, 15) is 8.42 Å². The first-order valence-corrected chi connectivity index (χ1v) is 11.3. The van der Waals surface area contributed by atoms with Crippen molar-refractivity contribution in [3.63, 3.8) is 0 Å². The van der Waals surface area contributed by atoms with Crippen LogP contribution in [0.3, 0.4) is 0 Å². The molecule has 0 radical (unpaired) electrons. The molecule has 0 aromatic heterocycles. The number of ether oxygens (including phenoxy) is 2. The Balaban J connectivity index is 2.10. The summed E-state index contributed by atoms with van der Waals surface area (Å²) in [6.07, 6.45) is 6.18. The van der Waals surface area contributed by atoms with Crippen LogP contribution in [0.25, 0.3) is 0 Å². The summed E-state index contributed by atoms with van der Waals surface area (Å²) in [6, 6.07) is 0. The second-order valence-corrected chi connectivity index (χ2v) is 8.33. The van der Waals surface area contributed by atoms with Gasteiger partial charge in [0, 0.05) is 46.5 Å². The molecule has 0 amide bonds. The molecule has 26 heavy (non-hydrogen) atoms. The highest BCUT2D eigenvalue weighted by atomic mass is 32.2. The number of hydrogen-bond acceptors (Lipinski definition) is 5. The van der Waals surface area contributed by atoms with Gasteiger partial charge in [-0.15, -0.1) is 0 Å². The maximum atomic E-state index is 12.0. The first-order chi connectivity index (χ1) is 12.6. The van der Waals surface area contributed by atoms with Crippen LogP contribution in [-0.4, -0.2) is 72.7 Å². The van der Waals surface area contributed by atoms with E-state index >= 15 is 0 Å². The number of guanidine groups is 1. The predicted octanol–water partition coefficient (Wildman–Crippen LogP) is 0.847. The van der Waals surface area contributed by atoms with Crippen molar-refractivity contribution in [1.29, 1.82) is 0 Å². The van der Waals surface area contributed by atoms with Gasteiger partial charge in [0.1, 0.15) is 0 Å². The molecule has 1 fully saturated rings. The van der Waals surface area contributed by atoms with Crippen molar-refractivity contribution < 1.29 is 17.9 Å². The Bertz CT molecular complexity index is 479. The number of nitrogens with zero attached hydrogens (tertiary/aromatic N) is 1. The van der Waals surface area contributed by atoms with Crippen molar-refractivity contribution >= 4 is 16.0 Å². The predicted molar refractivity (Wildman–Crippen MR) is 105 cm³/mol. The van der Waals surface area contributed by atoms with Gasteiger partial charge in [-0.3, -0.25) is 4.99 Å². The number of unbranched alkanes of at least 4 members (excludes halogenated alkanes) is 1. The Morgan fingerprint density at radius 2 is 1.96 bits per heavy atom. The smallest absolute Gasteiger partial charge is 0.213 e. The molecule has 0 aromatic carbocycles. The molecule has 1 aliphatic rings. The van der Waals surface area contributed by atoms with Gasteiger partial charge in [0.2, 0.25) is 10.0 Å². The van der Waals surface area contributed by atoms with Crippen molar-refractivity contribution in [3.8, 4) is 0 Å². The Labute approximate surface area is 158 Å². The van der Waals surface area contributed by atoms with Crippen LogP contribution in [0.15, 0.2) is 4.99 Å². The van der Waals surface area contributed by atoms with E-state index in [2.05, 4.69) is 27.3 Å². The third-order valence-electron chi connectivity index (χ3n) is 4.09. The quantitative estimate of drug-likeness (QED) is 0.244. The number of nitrogens with one attached hydrogen (secondary N) is 3. The number of aliphatic imine (C=N–C) groups is 1. The minimum absolute atomic E-state index is 0.000427. The summed E-state index contributed by atoms with van der Waals surface area (Å²) in [5, 5.41) is 6.18.